The maximum absolute atomic E-state index is 13.3. The number of hydrogen-bond donors (Lipinski definition) is 1. The van der Waals surface area contributed by atoms with Crippen molar-refractivity contribution in [1.82, 2.24) is 5.32 Å². The number of carbonyl (C=O) groups excluding carboxylic acids is 3. The number of carbonyl (C=O) groups is 3. The highest BCUT2D eigenvalue weighted by molar-refractivity contribution is 6.30. The van der Waals surface area contributed by atoms with Crippen LogP contribution in [0, 0.1) is 11.8 Å². The Morgan fingerprint density at radius 1 is 1.07 bits per heavy atom. The summed E-state index contributed by atoms with van der Waals surface area (Å²) in [5.74, 6) is -2.90. The molecule has 28 heavy (non-hydrogen) atoms. The number of para-hydroxylation sites is 1. The van der Waals surface area contributed by atoms with Crippen LogP contribution in [0.5, 0.6) is 0 Å². The maximum atomic E-state index is 13.3. The second-order valence-corrected chi connectivity index (χ2v) is 7.65. The fraction of sp³-hybridized carbons (Fsp3) is 0.286. The number of imide groups is 1. The standard InChI is InChI=1S/C21H19ClN2O4/c1-21(20(27)28-2)16-15(17(23-21)12-8-10-13(22)11-9-12)18(25)24(19(16)26)14-6-4-3-5-7-14/h3-11,15-17,23H,1-2H3/t15-,16-,17-,21-/m0/s1. The van der Waals surface area contributed by atoms with Crippen LogP contribution in [0.25, 0.3) is 0 Å². The highest BCUT2D eigenvalue weighted by Gasteiger charge is 2.67. The van der Waals surface area contributed by atoms with Gasteiger partial charge < -0.3 is 4.74 Å². The lowest BCUT2D eigenvalue weighted by molar-refractivity contribution is -0.151. The predicted molar refractivity (Wildman–Crippen MR) is 104 cm³/mol. The zero-order valence-corrected chi connectivity index (χ0v) is 16.1. The van der Waals surface area contributed by atoms with E-state index in [1.807, 2.05) is 6.07 Å². The van der Waals surface area contributed by atoms with E-state index >= 15 is 0 Å². The molecule has 7 heteroatoms. The van der Waals surface area contributed by atoms with Gasteiger partial charge in [-0.1, -0.05) is 41.9 Å². The number of fused-ring (bicyclic) bond motifs is 1. The third-order valence-electron chi connectivity index (χ3n) is 5.64. The minimum absolute atomic E-state index is 0.332. The Morgan fingerprint density at radius 3 is 2.32 bits per heavy atom. The van der Waals surface area contributed by atoms with Crippen molar-refractivity contribution in [1.29, 1.82) is 0 Å². The molecule has 0 spiro atoms. The van der Waals surface area contributed by atoms with Crippen LogP contribution in [0.15, 0.2) is 54.6 Å². The Kier molecular flexibility index (Phi) is 4.48. The SMILES string of the molecule is COC(=O)[C@@]1(C)N[C@@H](c2ccc(Cl)cc2)[C@H]2C(=O)N(c3ccccc3)C(=O)[C@H]21. The van der Waals surface area contributed by atoms with E-state index in [0.717, 1.165) is 5.56 Å². The molecule has 2 amide bonds. The summed E-state index contributed by atoms with van der Waals surface area (Å²) in [6.45, 7) is 1.62. The lowest BCUT2D eigenvalue weighted by Crippen LogP contribution is -2.54. The fourth-order valence-corrected chi connectivity index (χ4v) is 4.45. The number of rotatable bonds is 3. The molecule has 4 rings (SSSR count). The monoisotopic (exact) mass is 398 g/mol. The second kappa shape index (κ2) is 6.72. The molecule has 2 saturated heterocycles. The number of benzene rings is 2. The molecule has 2 aliphatic heterocycles. The zero-order chi connectivity index (χ0) is 20.1. The van der Waals surface area contributed by atoms with Crippen LogP contribution in [0.3, 0.4) is 0 Å². The van der Waals surface area contributed by atoms with Crippen molar-refractivity contribution in [2.75, 3.05) is 12.0 Å². The Labute approximate surface area is 167 Å². The smallest absolute Gasteiger partial charge is 0.326 e. The molecule has 2 aromatic rings. The van der Waals surface area contributed by atoms with Crippen LogP contribution < -0.4 is 10.2 Å². The molecular weight excluding hydrogens is 380 g/mol. The molecule has 2 aromatic carbocycles. The lowest BCUT2D eigenvalue weighted by atomic mass is 9.80. The van der Waals surface area contributed by atoms with E-state index in [2.05, 4.69) is 5.32 Å². The molecule has 4 atom stereocenters. The van der Waals surface area contributed by atoms with Gasteiger partial charge in [-0.05, 0) is 36.8 Å². The van der Waals surface area contributed by atoms with Crippen molar-refractivity contribution in [2.24, 2.45) is 11.8 Å². The maximum Gasteiger partial charge on any atom is 0.326 e. The van der Waals surface area contributed by atoms with Gasteiger partial charge in [0.25, 0.3) is 0 Å². The number of esters is 1. The predicted octanol–water partition coefficient (Wildman–Crippen LogP) is 2.72. The van der Waals surface area contributed by atoms with Gasteiger partial charge in [-0.15, -0.1) is 0 Å². The van der Waals surface area contributed by atoms with Crippen molar-refractivity contribution in [3.8, 4) is 0 Å². The number of anilines is 1. The van der Waals surface area contributed by atoms with Gasteiger partial charge in [0.1, 0.15) is 5.54 Å². The summed E-state index contributed by atoms with van der Waals surface area (Å²) in [6, 6.07) is 15.3. The van der Waals surface area contributed by atoms with Gasteiger partial charge in [-0.2, -0.15) is 0 Å². The van der Waals surface area contributed by atoms with Gasteiger partial charge in [0, 0.05) is 11.1 Å². The van der Waals surface area contributed by atoms with Gasteiger partial charge in [-0.3, -0.25) is 19.7 Å². The van der Waals surface area contributed by atoms with Gasteiger partial charge in [0.15, 0.2) is 0 Å². The van der Waals surface area contributed by atoms with Crippen LogP contribution >= 0.6 is 11.6 Å². The molecule has 2 heterocycles. The number of halogens is 1. The summed E-state index contributed by atoms with van der Waals surface area (Å²) in [5, 5.41) is 3.77. The Morgan fingerprint density at radius 2 is 1.71 bits per heavy atom. The summed E-state index contributed by atoms with van der Waals surface area (Å²) in [7, 11) is 1.27. The lowest BCUT2D eigenvalue weighted by Gasteiger charge is -2.28. The second-order valence-electron chi connectivity index (χ2n) is 7.22. The summed E-state index contributed by atoms with van der Waals surface area (Å²) >= 11 is 5.99. The molecule has 0 saturated carbocycles. The van der Waals surface area contributed by atoms with E-state index in [1.165, 1.54) is 12.0 Å². The first-order chi connectivity index (χ1) is 13.4. The number of nitrogens with zero attached hydrogens (tertiary/aromatic N) is 1. The van der Waals surface area contributed by atoms with Crippen molar-refractivity contribution >= 4 is 35.1 Å². The minimum atomic E-state index is -1.32. The highest BCUT2D eigenvalue weighted by Crippen LogP contribution is 2.49. The molecule has 144 valence electrons. The van der Waals surface area contributed by atoms with E-state index in [0.29, 0.717) is 10.7 Å². The number of methoxy groups -OCH3 is 1. The van der Waals surface area contributed by atoms with Crippen molar-refractivity contribution in [2.45, 2.75) is 18.5 Å². The quantitative estimate of drug-likeness (QED) is 0.635. The average Bonchev–Trinajstić information content (AvgIpc) is 3.16. The van der Waals surface area contributed by atoms with Crippen molar-refractivity contribution in [3.05, 3.63) is 65.2 Å². The molecule has 6 nitrogen and oxygen atoms in total. The number of amides is 2. The number of hydrogen-bond acceptors (Lipinski definition) is 5. The third-order valence-corrected chi connectivity index (χ3v) is 5.89. The molecule has 2 fully saturated rings. The van der Waals surface area contributed by atoms with Gasteiger partial charge in [0.05, 0.1) is 24.6 Å². The minimum Gasteiger partial charge on any atom is -0.468 e. The van der Waals surface area contributed by atoms with Gasteiger partial charge in [0.2, 0.25) is 11.8 Å². The first kappa shape index (κ1) is 18.7. The molecule has 0 aromatic heterocycles. The van der Waals surface area contributed by atoms with Gasteiger partial charge >= 0.3 is 5.97 Å². The number of ether oxygens (including phenoxy) is 1. The van der Waals surface area contributed by atoms with Crippen LogP contribution in [0.2, 0.25) is 5.02 Å². The summed E-state index contributed by atoms with van der Waals surface area (Å²) < 4.78 is 4.97. The van der Waals surface area contributed by atoms with Crippen molar-refractivity contribution < 1.29 is 19.1 Å². The van der Waals surface area contributed by atoms with Crippen LogP contribution in [-0.4, -0.2) is 30.4 Å². The molecule has 0 bridgehead atoms. The van der Waals surface area contributed by atoms with E-state index in [4.69, 9.17) is 16.3 Å². The number of nitrogens with one attached hydrogen (secondary N) is 1. The first-order valence-corrected chi connectivity index (χ1v) is 9.30. The van der Waals surface area contributed by atoms with E-state index < -0.39 is 35.3 Å². The fourth-order valence-electron chi connectivity index (χ4n) is 4.33. The topological polar surface area (TPSA) is 75.7 Å². The molecule has 0 aliphatic carbocycles. The Bertz CT molecular complexity index is 947. The molecule has 0 unspecified atom stereocenters. The van der Waals surface area contributed by atoms with Crippen LogP contribution in [-0.2, 0) is 19.1 Å². The largest absolute Gasteiger partial charge is 0.468 e. The van der Waals surface area contributed by atoms with E-state index in [1.54, 1.807) is 55.5 Å². The zero-order valence-electron chi connectivity index (χ0n) is 15.4. The van der Waals surface area contributed by atoms with Crippen LogP contribution in [0.4, 0.5) is 5.69 Å². The Balaban J connectivity index is 1.82. The summed E-state index contributed by atoms with van der Waals surface area (Å²) in [5.41, 5.74) is -0.0444. The molecular formula is C21H19ClN2O4. The highest BCUT2D eigenvalue weighted by atomic mass is 35.5. The van der Waals surface area contributed by atoms with Gasteiger partial charge in [-0.25, -0.2) is 4.90 Å². The average molecular weight is 399 g/mol. The molecule has 1 N–H and O–H groups in total. The van der Waals surface area contributed by atoms with Crippen molar-refractivity contribution in [3.63, 3.8) is 0 Å². The molecule has 2 aliphatic rings. The third kappa shape index (κ3) is 2.64. The molecule has 0 radical (unpaired) electrons. The van der Waals surface area contributed by atoms with E-state index in [-0.39, 0.29) is 5.91 Å². The summed E-state index contributed by atoms with van der Waals surface area (Å²) in [4.78, 5) is 40.4. The van der Waals surface area contributed by atoms with Crippen LogP contribution in [0.1, 0.15) is 18.5 Å². The summed E-state index contributed by atoms with van der Waals surface area (Å²) in [6.07, 6.45) is 0. The van der Waals surface area contributed by atoms with E-state index in [9.17, 15) is 14.4 Å². The first-order valence-electron chi connectivity index (χ1n) is 8.93. The Hall–Kier alpha value is -2.70. The normalized spacial score (nSPS) is 29.1.